The van der Waals surface area contributed by atoms with Crippen LogP contribution >= 0.6 is 0 Å². The fourth-order valence-corrected chi connectivity index (χ4v) is 3.41. The van der Waals surface area contributed by atoms with E-state index in [1.54, 1.807) is 0 Å². The van der Waals surface area contributed by atoms with Crippen LogP contribution in [0.25, 0.3) is 5.69 Å². The molecule has 0 aliphatic carbocycles. The fourth-order valence-electron chi connectivity index (χ4n) is 3.41. The van der Waals surface area contributed by atoms with Gasteiger partial charge in [-0.2, -0.15) is 4.68 Å². The summed E-state index contributed by atoms with van der Waals surface area (Å²) in [6.45, 7) is 5.41. The Kier molecular flexibility index (Phi) is 3.84. The third-order valence-corrected chi connectivity index (χ3v) is 4.79. The SMILES string of the molecule is C[C@@H](c1nnnn1-c1ccccc1)N1CCC2(CC1)OCCO2. The molecular formula is C16H21N5O2. The van der Waals surface area contributed by atoms with E-state index in [4.69, 9.17) is 9.47 Å². The second kappa shape index (κ2) is 5.99. The predicted molar refractivity (Wildman–Crippen MR) is 83.0 cm³/mol. The van der Waals surface area contributed by atoms with E-state index < -0.39 is 0 Å². The predicted octanol–water partition coefficient (Wildman–Crippen LogP) is 1.56. The van der Waals surface area contributed by atoms with E-state index in [0.29, 0.717) is 13.2 Å². The molecule has 1 atom stereocenters. The van der Waals surface area contributed by atoms with Crippen molar-refractivity contribution in [3.8, 4) is 5.69 Å². The second-order valence-electron chi connectivity index (χ2n) is 6.10. The molecule has 23 heavy (non-hydrogen) atoms. The Morgan fingerprint density at radius 1 is 1.09 bits per heavy atom. The molecule has 2 aromatic rings. The number of tetrazole rings is 1. The van der Waals surface area contributed by atoms with Gasteiger partial charge < -0.3 is 9.47 Å². The molecule has 2 aliphatic heterocycles. The quantitative estimate of drug-likeness (QED) is 0.856. The topological polar surface area (TPSA) is 65.3 Å². The number of likely N-dealkylation sites (tertiary alicyclic amines) is 1. The van der Waals surface area contributed by atoms with Crippen molar-refractivity contribution in [1.29, 1.82) is 0 Å². The Labute approximate surface area is 135 Å². The van der Waals surface area contributed by atoms with Crippen LogP contribution in [0.1, 0.15) is 31.6 Å². The first-order valence-corrected chi connectivity index (χ1v) is 8.13. The number of aromatic nitrogens is 4. The van der Waals surface area contributed by atoms with Crippen molar-refractivity contribution in [3.05, 3.63) is 36.2 Å². The molecule has 2 saturated heterocycles. The highest BCUT2D eigenvalue weighted by atomic mass is 16.7. The summed E-state index contributed by atoms with van der Waals surface area (Å²) in [4.78, 5) is 2.39. The lowest BCUT2D eigenvalue weighted by molar-refractivity contribution is -0.187. The van der Waals surface area contributed by atoms with E-state index in [1.165, 1.54) is 0 Å². The highest BCUT2D eigenvalue weighted by Gasteiger charge is 2.41. The average molecular weight is 315 g/mol. The molecule has 3 heterocycles. The summed E-state index contributed by atoms with van der Waals surface area (Å²) in [5.74, 6) is 0.516. The van der Waals surface area contributed by atoms with Gasteiger partial charge in [-0.3, -0.25) is 4.90 Å². The van der Waals surface area contributed by atoms with Gasteiger partial charge in [0.2, 0.25) is 0 Å². The van der Waals surface area contributed by atoms with E-state index in [9.17, 15) is 0 Å². The highest BCUT2D eigenvalue weighted by molar-refractivity contribution is 5.30. The summed E-state index contributed by atoms with van der Waals surface area (Å²) in [5.41, 5.74) is 0.982. The minimum atomic E-state index is -0.346. The zero-order chi connectivity index (χ0) is 15.7. The normalized spacial score (nSPS) is 22.5. The van der Waals surface area contributed by atoms with E-state index in [2.05, 4.69) is 27.3 Å². The number of benzene rings is 1. The van der Waals surface area contributed by atoms with Gasteiger partial charge in [0.15, 0.2) is 11.6 Å². The van der Waals surface area contributed by atoms with Gasteiger partial charge in [-0.1, -0.05) is 18.2 Å². The molecule has 1 aromatic heterocycles. The Bertz CT molecular complexity index is 644. The van der Waals surface area contributed by atoms with Gasteiger partial charge in [0, 0.05) is 25.9 Å². The van der Waals surface area contributed by atoms with Crippen LogP contribution in [0.3, 0.4) is 0 Å². The molecule has 0 unspecified atom stereocenters. The van der Waals surface area contributed by atoms with Crippen LogP contribution < -0.4 is 0 Å². The van der Waals surface area contributed by atoms with Gasteiger partial charge in [-0.15, -0.1) is 5.10 Å². The Hall–Kier alpha value is -1.83. The first-order chi connectivity index (χ1) is 11.3. The second-order valence-corrected chi connectivity index (χ2v) is 6.10. The standard InChI is InChI=1S/C16H21N5O2/c1-13(20-9-7-16(8-10-20)22-11-12-23-16)15-17-18-19-21(15)14-5-3-2-4-6-14/h2-6,13H,7-12H2,1H3/t13-/m0/s1. The van der Waals surface area contributed by atoms with Gasteiger partial charge in [0.25, 0.3) is 0 Å². The number of piperidine rings is 1. The molecule has 122 valence electrons. The number of hydrogen-bond acceptors (Lipinski definition) is 6. The molecule has 1 aromatic carbocycles. The van der Waals surface area contributed by atoms with Gasteiger partial charge in [0.1, 0.15) is 0 Å². The number of nitrogens with zero attached hydrogens (tertiary/aromatic N) is 5. The maximum absolute atomic E-state index is 5.80. The van der Waals surface area contributed by atoms with Crippen molar-refractivity contribution in [2.75, 3.05) is 26.3 Å². The number of para-hydroxylation sites is 1. The molecule has 0 saturated carbocycles. The van der Waals surface area contributed by atoms with Crippen LogP contribution in [-0.2, 0) is 9.47 Å². The number of hydrogen-bond donors (Lipinski definition) is 0. The van der Waals surface area contributed by atoms with Crippen molar-refractivity contribution in [1.82, 2.24) is 25.1 Å². The first kappa shape index (κ1) is 14.7. The monoisotopic (exact) mass is 315 g/mol. The summed E-state index contributed by atoms with van der Waals surface area (Å²) in [5, 5.41) is 12.3. The Morgan fingerprint density at radius 3 is 2.48 bits per heavy atom. The summed E-state index contributed by atoms with van der Waals surface area (Å²) < 4.78 is 13.4. The van der Waals surface area contributed by atoms with Gasteiger partial charge in [0.05, 0.1) is 24.9 Å². The molecule has 4 rings (SSSR count). The maximum Gasteiger partial charge on any atom is 0.173 e. The van der Waals surface area contributed by atoms with E-state index in [-0.39, 0.29) is 11.8 Å². The molecule has 1 spiro atoms. The van der Waals surface area contributed by atoms with Crippen LogP contribution in [0.15, 0.2) is 30.3 Å². The molecule has 0 N–H and O–H groups in total. The number of ether oxygens (including phenoxy) is 2. The van der Waals surface area contributed by atoms with Crippen LogP contribution in [0.5, 0.6) is 0 Å². The number of rotatable bonds is 3. The fraction of sp³-hybridized carbons (Fsp3) is 0.562. The summed E-state index contributed by atoms with van der Waals surface area (Å²) in [7, 11) is 0. The van der Waals surface area contributed by atoms with Crippen LogP contribution in [0, 0.1) is 0 Å². The molecule has 7 nitrogen and oxygen atoms in total. The van der Waals surface area contributed by atoms with Gasteiger partial charge in [-0.05, 0) is 29.5 Å². The maximum atomic E-state index is 5.80. The van der Waals surface area contributed by atoms with Crippen molar-refractivity contribution in [2.45, 2.75) is 31.6 Å². The third-order valence-electron chi connectivity index (χ3n) is 4.79. The third kappa shape index (κ3) is 2.75. The Balaban J connectivity index is 1.50. The molecule has 0 bridgehead atoms. The molecule has 7 heteroatoms. The molecular weight excluding hydrogens is 294 g/mol. The van der Waals surface area contributed by atoms with Crippen molar-refractivity contribution >= 4 is 0 Å². The molecule has 2 fully saturated rings. The average Bonchev–Trinajstić information content (AvgIpc) is 3.26. The van der Waals surface area contributed by atoms with Crippen LogP contribution in [0.4, 0.5) is 0 Å². The lowest BCUT2D eigenvalue weighted by Crippen LogP contribution is -2.46. The van der Waals surface area contributed by atoms with Crippen molar-refractivity contribution in [3.63, 3.8) is 0 Å². The summed E-state index contributed by atoms with van der Waals surface area (Å²) in [6, 6.07) is 10.1. The molecule has 0 radical (unpaired) electrons. The highest BCUT2D eigenvalue weighted by Crippen LogP contribution is 2.34. The van der Waals surface area contributed by atoms with Crippen molar-refractivity contribution < 1.29 is 9.47 Å². The van der Waals surface area contributed by atoms with E-state index in [0.717, 1.165) is 37.4 Å². The molecule has 0 amide bonds. The Morgan fingerprint density at radius 2 is 1.78 bits per heavy atom. The zero-order valence-corrected chi connectivity index (χ0v) is 13.3. The summed E-state index contributed by atoms with van der Waals surface area (Å²) >= 11 is 0. The molecule has 2 aliphatic rings. The smallest absolute Gasteiger partial charge is 0.173 e. The summed E-state index contributed by atoms with van der Waals surface area (Å²) in [6.07, 6.45) is 1.79. The van der Waals surface area contributed by atoms with Gasteiger partial charge >= 0.3 is 0 Å². The minimum absolute atomic E-state index is 0.143. The lowest BCUT2D eigenvalue weighted by atomic mass is 10.0. The lowest BCUT2D eigenvalue weighted by Gasteiger charge is -2.39. The minimum Gasteiger partial charge on any atom is -0.347 e. The van der Waals surface area contributed by atoms with Crippen LogP contribution in [0.2, 0.25) is 0 Å². The van der Waals surface area contributed by atoms with Crippen LogP contribution in [-0.4, -0.2) is 57.2 Å². The van der Waals surface area contributed by atoms with E-state index >= 15 is 0 Å². The largest absolute Gasteiger partial charge is 0.347 e. The first-order valence-electron chi connectivity index (χ1n) is 8.13. The van der Waals surface area contributed by atoms with E-state index in [1.807, 2.05) is 35.0 Å². The zero-order valence-electron chi connectivity index (χ0n) is 13.3. The van der Waals surface area contributed by atoms with Gasteiger partial charge in [-0.25, -0.2) is 0 Å². The van der Waals surface area contributed by atoms with Crippen molar-refractivity contribution in [2.24, 2.45) is 0 Å².